The van der Waals surface area contributed by atoms with Crippen LogP contribution in [0.1, 0.15) is 5.56 Å². The molecule has 21 heavy (non-hydrogen) atoms. The molecule has 0 aromatic heterocycles. The van der Waals surface area contributed by atoms with Crippen LogP contribution in [0.5, 0.6) is 5.75 Å². The minimum Gasteiger partial charge on any atom is -0.406 e. The van der Waals surface area contributed by atoms with E-state index in [2.05, 4.69) is 4.74 Å². The van der Waals surface area contributed by atoms with Gasteiger partial charge >= 0.3 is 6.36 Å². The summed E-state index contributed by atoms with van der Waals surface area (Å²) in [5, 5.41) is 8.61. The zero-order valence-electron chi connectivity index (χ0n) is 10.6. The molecular formula is C15H9F4NO. The van der Waals surface area contributed by atoms with Crippen LogP contribution in [0.25, 0.3) is 11.1 Å². The van der Waals surface area contributed by atoms with Crippen molar-refractivity contribution < 1.29 is 22.3 Å². The summed E-state index contributed by atoms with van der Waals surface area (Å²) in [6.07, 6.45) is -4.84. The molecule has 2 aromatic rings. The highest BCUT2D eigenvalue weighted by Crippen LogP contribution is 2.29. The van der Waals surface area contributed by atoms with Crippen molar-refractivity contribution in [1.82, 2.24) is 0 Å². The van der Waals surface area contributed by atoms with Crippen LogP contribution in [0.2, 0.25) is 0 Å². The van der Waals surface area contributed by atoms with Gasteiger partial charge in [0.2, 0.25) is 0 Å². The van der Waals surface area contributed by atoms with E-state index < -0.39 is 12.2 Å². The fraction of sp³-hybridized carbons (Fsp3) is 0.133. The first-order chi connectivity index (χ1) is 9.90. The van der Waals surface area contributed by atoms with E-state index in [1.54, 1.807) is 6.07 Å². The Morgan fingerprint density at radius 1 is 1.05 bits per heavy atom. The largest absolute Gasteiger partial charge is 0.573 e. The first-order valence-electron chi connectivity index (χ1n) is 5.91. The maximum absolute atomic E-state index is 14.2. The van der Waals surface area contributed by atoms with Crippen molar-refractivity contribution in [3.63, 3.8) is 0 Å². The first kappa shape index (κ1) is 14.9. The summed E-state index contributed by atoms with van der Waals surface area (Å²) in [7, 11) is 0. The van der Waals surface area contributed by atoms with Gasteiger partial charge in [0.05, 0.1) is 12.5 Å². The molecule has 6 heteroatoms. The molecule has 0 atom stereocenters. The van der Waals surface area contributed by atoms with E-state index in [-0.39, 0.29) is 23.3 Å². The minimum atomic E-state index is -4.76. The van der Waals surface area contributed by atoms with Crippen LogP contribution in [0.4, 0.5) is 17.6 Å². The highest BCUT2D eigenvalue weighted by molar-refractivity contribution is 5.66. The van der Waals surface area contributed by atoms with Crippen molar-refractivity contribution in [3.8, 4) is 22.9 Å². The Labute approximate surface area is 118 Å². The number of hydrogen-bond acceptors (Lipinski definition) is 2. The van der Waals surface area contributed by atoms with Crippen LogP contribution in [0.3, 0.4) is 0 Å². The summed E-state index contributed by atoms with van der Waals surface area (Å²) in [6, 6.07) is 11.3. The second-order valence-corrected chi connectivity index (χ2v) is 4.19. The topological polar surface area (TPSA) is 33.0 Å². The molecule has 0 N–H and O–H groups in total. The third-order valence-electron chi connectivity index (χ3n) is 2.75. The predicted octanol–water partition coefficient (Wildman–Crippen LogP) is 4.46. The maximum Gasteiger partial charge on any atom is 0.573 e. The molecule has 0 saturated carbocycles. The molecule has 2 rings (SSSR count). The van der Waals surface area contributed by atoms with Crippen LogP contribution in [0.15, 0.2) is 42.5 Å². The van der Waals surface area contributed by atoms with Gasteiger partial charge in [0.25, 0.3) is 0 Å². The number of nitriles is 1. The minimum absolute atomic E-state index is 0.0745. The fourth-order valence-electron chi connectivity index (χ4n) is 1.86. The SMILES string of the molecule is N#CCc1cccc(-c2ccc(OC(F)(F)F)cc2)c1F. The molecule has 0 bridgehead atoms. The maximum atomic E-state index is 14.2. The number of halogens is 4. The van der Waals surface area contributed by atoms with Crippen molar-refractivity contribution in [2.75, 3.05) is 0 Å². The summed E-state index contributed by atoms with van der Waals surface area (Å²) in [5.74, 6) is -0.927. The molecule has 0 spiro atoms. The molecule has 0 radical (unpaired) electrons. The average Bonchev–Trinajstić information content (AvgIpc) is 2.41. The van der Waals surface area contributed by atoms with Gasteiger partial charge in [-0.15, -0.1) is 13.2 Å². The van der Waals surface area contributed by atoms with Crippen LogP contribution in [0, 0.1) is 17.1 Å². The average molecular weight is 295 g/mol. The Kier molecular flexibility index (Phi) is 4.13. The van der Waals surface area contributed by atoms with E-state index in [4.69, 9.17) is 5.26 Å². The second kappa shape index (κ2) is 5.83. The monoisotopic (exact) mass is 295 g/mol. The highest BCUT2D eigenvalue weighted by atomic mass is 19.4. The summed E-state index contributed by atoms with van der Waals surface area (Å²) < 4.78 is 54.1. The molecule has 0 saturated heterocycles. The number of nitrogens with zero attached hydrogens (tertiary/aromatic N) is 1. The third kappa shape index (κ3) is 3.72. The normalized spacial score (nSPS) is 11.0. The Morgan fingerprint density at radius 3 is 2.29 bits per heavy atom. The smallest absolute Gasteiger partial charge is 0.406 e. The van der Waals surface area contributed by atoms with Crippen LogP contribution in [-0.4, -0.2) is 6.36 Å². The van der Waals surface area contributed by atoms with Gasteiger partial charge in [-0.2, -0.15) is 5.26 Å². The van der Waals surface area contributed by atoms with E-state index in [1.807, 2.05) is 6.07 Å². The first-order valence-corrected chi connectivity index (χ1v) is 5.91. The van der Waals surface area contributed by atoms with Gasteiger partial charge in [-0.25, -0.2) is 4.39 Å². The van der Waals surface area contributed by atoms with Crippen LogP contribution >= 0.6 is 0 Å². The quantitative estimate of drug-likeness (QED) is 0.783. The molecule has 0 fully saturated rings. The Balaban J connectivity index is 2.31. The number of benzene rings is 2. The number of alkyl halides is 3. The number of rotatable bonds is 3. The van der Waals surface area contributed by atoms with Crippen molar-refractivity contribution >= 4 is 0 Å². The van der Waals surface area contributed by atoms with Crippen molar-refractivity contribution in [2.24, 2.45) is 0 Å². The van der Waals surface area contributed by atoms with Crippen molar-refractivity contribution in [3.05, 3.63) is 53.8 Å². The van der Waals surface area contributed by atoms with Crippen LogP contribution in [-0.2, 0) is 6.42 Å². The lowest BCUT2D eigenvalue weighted by atomic mass is 10.0. The summed E-state index contributed by atoms with van der Waals surface area (Å²) in [5.41, 5.74) is 0.869. The van der Waals surface area contributed by atoms with Gasteiger partial charge < -0.3 is 4.74 Å². The molecule has 2 aromatic carbocycles. The lowest BCUT2D eigenvalue weighted by Gasteiger charge is -2.10. The standard InChI is InChI=1S/C15H9F4NO/c16-14-11(8-9-20)2-1-3-13(14)10-4-6-12(7-5-10)21-15(17,18)19/h1-7H,8H2. The molecule has 108 valence electrons. The lowest BCUT2D eigenvalue weighted by Crippen LogP contribution is -2.16. The summed E-state index contributed by atoms with van der Waals surface area (Å²) >= 11 is 0. The van der Waals surface area contributed by atoms with Gasteiger partial charge in [0.1, 0.15) is 11.6 Å². The van der Waals surface area contributed by atoms with E-state index in [0.717, 1.165) is 12.1 Å². The van der Waals surface area contributed by atoms with Gasteiger partial charge in [-0.3, -0.25) is 0 Å². The van der Waals surface area contributed by atoms with Crippen molar-refractivity contribution in [2.45, 2.75) is 12.8 Å². The Bertz CT molecular complexity index is 672. The zero-order valence-corrected chi connectivity index (χ0v) is 10.6. The highest BCUT2D eigenvalue weighted by Gasteiger charge is 2.31. The van der Waals surface area contributed by atoms with Gasteiger partial charge in [0, 0.05) is 11.1 Å². The fourth-order valence-corrected chi connectivity index (χ4v) is 1.86. The molecule has 0 aliphatic carbocycles. The number of ether oxygens (including phenoxy) is 1. The van der Waals surface area contributed by atoms with Gasteiger partial charge in [-0.05, 0) is 17.7 Å². The van der Waals surface area contributed by atoms with Crippen molar-refractivity contribution in [1.29, 1.82) is 5.26 Å². The predicted molar refractivity (Wildman–Crippen MR) is 67.8 cm³/mol. The van der Waals surface area contributed by atoms with Crippen LogP contribution < -0.4 is 4.74 Å². The van der Waals surface area contributed by atoms with E-state index in [1.165, 1.54) is 24.3 Å². The van der Waals surface area contributed by atoms with Gasteiger partial charge in [-0.1, -0.05) is 30.3 Å². The zero-order chi connectivity index (χ0) is 15.5. The molecule has 0 aliphatic heterocycles. The van der Waals surface area contributed by atoms with E-state index >= 15 is 0 Å². The van der Waals surface area contributed by atoms with E-state index in [0.29, 0.717) is 5.56 Å². The molecular weight excluding hydrogens is 286 g/mol. The molecule has 0 aliphatic rings. The lowest BCUT2D eigenvalue weighted by molar-refractivity contribution is -0.274. The Morgan fingerprint density at radius 2 is 1.71 bits per heavy atom. The Hall–Kier alpha value is -2.55. The molecule has 2 nitrogen and oxygen atoms in total. The molecule has 0 amide bonds. The second-order valence-electron chi connectivity index (χ2n) is 4.19. The third-order valence-corrected chi connectivity index (χ3v) is 2.75. The molecule has 0 unspecified atom stereocenters. The summed E-state index contributed by atoms with van der Waals surface area (Å²) in [4.78, 5) is 0. The number of hydrogen-bond donors (Lipinski definition) is 0. The summed E-state index contributed by atoms with van der Waals surface area (Å²) in [6.45, 7) is 0. The van der Waals surface area contributed by atoms with E-state index in [9.17, 15) is 17.6 Å². The van der Waals surface area contributed by atoms with Gasteiger partial charge in [0.15, 0.2) is 0 Å². The molecule has 0 heterocycles.